The average Bonchev–Trinajstić information content (AvgIpc) is 3.28. The number of hydrogen-bond acceptors (Lipinski definition) is 7. The van der Waals surface area contributed by atoms with E-state index < -0.39 is 36.0 Å². The van der Waals surface area contributed by atoms with E-state index in [1.165, 1.54) is 42.9 Å². The molecule has 0 fully saturated rings. The van der Waals surface area contributed by atoms with Gasteiger partial charge < -0.3 is 20.3 Å². The minimum atomic E-state index is -4.74. The molecule has 188 valence electrons. The number of ether oxygens (including phenoxy) is 1. The molecule has 4 rings (SSSR count). The Balaban J connectivity index is 1.77. The number of imidazole rings is 1. The van der Waals surface area contributed by atoms with E-state index in [0.29, 0.717) is 22.5 Å². The molecule has 0 spiro atoms. The fraction of sp³-hybridized carbons (Fsp3) is 0.250. The van der Waals surface area contributed by atoms with Gasteiger partial charge in [0.2, 0.25) is 5.88 Å². The molecule has 0 bridgehead atoms. The van der Waals surface area contributed by atoms with E-state index in [2.05, 4.69) is 20.4 Å². The van der Waals surface area contributed by atoms with E-state index in [1.54, 1.807) is 24.3 Å². The van der Waals surface area contributed by atoms with Crippen molar-refractivity contribution in [1.29, 1.82) is 0 Å². The fourth-order valence-electron chi connectivity index (χ4n) is 3.70. The summed E-state index contributed by atoms with van der Waals surface area (Å²) in [7, 11) is 0. The normalized spacial score (nSPS) is 12.5. The maximum atomic E-state index is 14.1. The zero-order valence-electron chi connectivity index (χ0n) is 19.2. The molecule has 1 unspecified atom stereocenters. The van der Waals surface area contributed by atoms with Gasteiger partial charge in [-0.05, 0) is 49.2 Å². The molecule has 1 atom stereocenters. The highest BCUT2D eigenvalue weighted by Gasteiger charge is 2.37. The van der Waals surface area contributed by atoms with Crippen LogP contribution in [0.25, 0.3) is 16.9 Å². The monoisotopic (exact) mass is 501 g/mol. The highest BCUT2D eigenvalue weighted by molar-refractivity contribution is 6.04. The Morgan fingerprint density at radius 1 is 1.19 bits per heavy atom. The number of nitrogens with one attached hydrogen (secondary N) is 1. The van der Waals surface area contributed by atoms with Crippen molar-refractivity contribution < 1.29 is 32.9 Å². The average molecular weight is 501 g/mol. The molecule has 1 amide bonds. The zero-order valence-corrected chi connectivity index (χ0v) is 19.2. The molecule has 9 nitrogen and oxygen atoms in total. The zero-order chi connectivity index (χ0) is 26.0. The van der Waals surface area contributed by atoms with E-state index in [4.69, 9.17) is 9.84 Å². The second-order valence-corrected chi connectivity index (χ2v) is 7.99. The van der Waals surface area contributed by atoms with E-state index >= 15 is 0 Å². The van der Waals surface area contributed by atoms with Crippen LogP contribution in [0, 0.1) is 13.8 Å². The third-order valence-electron chi connectivity index (χ3n) is 5.58. The SMILES string of the molecule is Cc1c(-c2cccc(OCC(O)CO)n2)cc(NC(=O)c2cnc3cccnn23)c(C(F)(F)F)c1C. The van der Waals surface area contributed by atoms with Crippen LogP contribution in [-0.4, -0.2) is 55.0 Å². The number of carbonyl (C=O) groups is 1. The summed E-state index contributed by atoms with van der Waals surface area (Å²) in [6.45, 7) is 2.14. The van der Waals surface area contributed by atoms with Crippen molar-refractivity contribution in [3.05, 3.63) is 71.2 Å². The van der Waals surface area contributed by atoms with Crippen molar-refractivity contribution in [3.63, 3.8) is 0 Å². The van der Waals surface area contributed by atoms with Crippen LogP contribution in [0.5, 0.6) is 5.88 Å². The third kappa shape index (κ3) is 4.99. The number of hydrogen-bond donors (Lipinski definition) is 3. The Morgan fingerprint density at radius 3 is 2.69 bits per heavy atom. The Morgan fingerprint density at radius 2 is 1.97 bits per heavy atom. The summed E-state index contributed by atoms with van der Waals surface area (Å²) in [6, 6.07) is 9.15. The van der Waals surface area contributed by atoms with Crippen molar-refractivity contribution in [2.75, 3.05) is 18.5 Å². The third-order valence-corrected chi connectivity index (χ3v) is 5.58. The maximum Gasteiger partial charge on any atom is 0.418 e. The summed E-state index contributed by atoms with van der Waals surface area (Å²) in [4.78, 5) is 21.4. The first-order chi connectivity index (χ1) is 17.1. The lowest BCUT2D eigenvalue weighted by Gasteiger charge is -2.21. The standard InChI is InChI=1S/C24H22F3N5O4/c1-13-14(2)22(24(25,26)27)18(31-23(35)19-10-28-20-6-4-8-29-32(19)20)9-16(13)17-5-3-7-21(30-17)36-12-15(34)11-33/h3-10,15,33-34H,11-12H2,1-2H3,(H,31,35). The van der Waals surface area contributed by atoms with Crippen LogP contribution in [0.3, 0.4) is 0 Å². The summed E-state index contributed by atoms with van der Waals surface area (Å²) in [6.07, 6.45) is -3.19. The predicted molar refractivity (Wildman–Crippen MR) is 124 cm³/mol. The molecule has 0 aliphatic heterocycles. The number of pyridine rings is 1. The van der Waals surface area contributed by atoms with Gasteiger partial charge in [-0.1, -0.05) is 6.07 Å². The molecule has 3 heterocycles. The van der Waals surface area contributed by atoms with Gasteiger partial charge in [0.25, 0.3) is 5.91 Å². The van der Waals surface area contributed by atoms with Crippen LogP contribution < -0.4 is 10.1 Å². The van der Waals surface area contributed by atoms with Gasteiger partial charge in [0.15, 0.2) is 11.3 Å². The molecule has 1 aromatic carbocycles. The molecule has 0 saturated carbocycles. The van der Waals surface area contributed by atoms with Crippen molar-refractivity contribution in [3.8, 4) is 17.1 Å². The number of benzene rings is 1. The van der Waals surface area contributed by atoms with Crippen LogP contribution in [0.15, 0.2) is 48.8 Å². The van der Waals surface area contributed by atoms with Crippen LogP contribution >= 0.6 is 0 Å². The number of anilines is 1. The first kappa shape index (κ1) is 25.1. The number of fused-ring (bicyclic) bond motifs is 1. The van der Waals surface area contributed by atoms with Crippen molar-refractivity contribution in [2.45, 2.75) is 26.1 Å². The number of carbonyl (C=O) groups excluding carboxylic acids is 1. The topological polar surface area (TPSA) is 122 Å². The summed E-state index contributed by atoms with van der Waals surface area (Å²) < 4.78 is 48.8. The van der Waals surface area contributed by atoms with Crippen molar-refractivity contribution in [1.82, 2.24) is 19.6 Å². The van der Waals surface area contributed by atoms with E-state index in [9.17, 15) is 23.1 Å². The van der Waals surface area contributed by atoms with E-state index in [1.807, 2.05) is 0 Å². The van der Waals surface area contributed by atoms with Gasteiger partial charge in [-0.15, -0.1) is 0 Å². The van der Waals surface area contributed by atoms with Crippen molar-refractivity contribution >= 4 is 17.2 Å². The number of rotatable bonds is 7. The molecule has 12 heteroatoms. The molecule has 0 aliphatic carbocycles. The summed E-state index contributed by atoms with van der Waals surface area (Å²) >= 11 is 0. The highest BCUT2D eigenvalue weighted by Crippen LogP contribution is 2.42. The minimum absolute atomic E-state index is 0.0329. The molecular weight excluding hydrogens is 479 g/mol. The van der Waals surface area contributed by atoms with Crippen LogP contribution in [-0.2, 0) is 6.18 Å². The van der Waals surface area contributed by atoms with E-state index in [0.717, 1.165) is 0 Å². The summed E-state index contributed by atoms with van der Waals surface area (Å²) in [5.74, 6) is -0.705. The van der Waals surface area contributed by atoms with Crippen LogP contribution in [0.4, 0.5) is 18.9 Å². The first-order valence-corrected chi connectivity index (χ1v) is 10.8. The Kier molecular flexibility index (Phi) is 6.91. The molecule has 3 aromatic heterocycles. The molecule has 36 heavy (non-hydrogen) atoms. The van der Waals surface area contributed by atoms with Gasteiger partial charge in [-0.3, -0.25) is 4.79 Å². The smallest absolute Gasteiger partial charge is 0.418 e. The highest BCUT2D eigenvalue weighted by atomic mass is 19.4. The molecule has 0 radical (unpaired) electrons. The van der Waals surface area contributed by atoms with Gasteiger partial charge in [-0.25, -0.2) is 14.5 Å². The lowest BCUT2D eigenvalue weighted by Crippen LogP contribution is -2.21. The van der Waals surface area contributed by atoms with E-state index in [-0.39, 0.29) is 23.7 Å². The van der Waals surface area contributed by atoms with Gasteiger partial charge in [0, 0.05) is 17.8 Å². The molecular formula is C24H22F3N5O4. The number of aliphatic hydroxyl groups is 2. The minimum Gasteiger partial charge on any atom is -0.475 e. The quantitative estimate of drug-likeness (QED) is 0.355. The Hall–Kier alpha value is -4.03. The maximum absolute atomic E-state index is 14.1. The Bertz CT molecular complexity index is 1420. The van der Waals surface area contributed by atoms with Gasteiger partial charge >= 0.3 is 6.18 Å². The molecule has 4 aromatic rings. The first-order valence-electron chi connectivity index (χ1n) is 10.8. The number of halogens is 3. The molecule has 0 aliphatic rings. The lowest BCUT2D eigenvalue weighted by atomic mass is 9.93. The predicted octanol–water partition coefficient (Wildman–Crippen LogP) is 3.41. The number of alkyl halides is 3. The van der Waals surface area contributed by atoms with Crippen LogP contribution in [0.2, 0.25) is 0 Å². The Labute approximate surface area is 203 Å². The number of aromatic nitrogens is 4. The molecule has 3 N–H and O–H groups in total. The number of nitrogens with zero attached hydrogens (tertiary/aromatic N) is 4. The summed E-state index contributed by atoms with van der Waals surface area (Å²) in [5.41, 5.74) is -0.196. The fourth-order valence-corrected chi connectivity index (χ4v) is 3.70. The number of amides is 1. The van der Waals surface area contributed by atoms with Crippen LogP contribution in [0.1, 0.15) is 27.2 Å². The largest absolute Gasteiger partial charge is 0.475 e. The second kappa shape index (κ2) is 9.91. The number of aliphatic hydroxyl groups excluding tert-OH is 2. The van der Waals surface area contributed by atoms with Crippen molar-refractivity contribution in [2.24, 2.45) is 0 Å². The lowest BCUT2D eigenvalue weighted by molar-refractivity contribution is -0.137. The van der Waals surface area contributed by atoms with Gasteiger partial charge in [-0.2, -0.15) is 18.3 Å². The van der Waals surface area contributed by atoms with Gasteiger partial charge in [0.1, 0.15) is 12.7 Å². The molecule has 0 saturated heterocycles. The van der Waals surface area contributed by atoms with Gasteiger partial charge in [0.05, 0.1) is 29.7 Å². The summed E-state index contributed by atoms with van der Waals surface area (Å²) in [5, 5.41) is 24.8. The second-order valence-electron chi connectivity index (χ2n) is 7.99.